The minimum absolute atomic E-state index is 0.164. The molecule has 2 aliphatic rings. The third-order valence-electron chi connectivity index (χ3n) is 6.50. The van der Waals surface area contributed by atoms with Crippen LogP contribution >= 0.6 is 0 Å². The van der Waals surface area contributed by atoms with Crippen molar-refractivity contribution in [2.24, 2.45) is 0 Å². The van der Waals surface area contributed by atoms with Crippen molar-refractivity contribution in [2.75, 3.05) is 50.1 Å². The Morgan fingerprint density at radius 3 is 2.72 bits per heavy atom. The third kappa shape index (κ3) is 4.33. The first-order valence-electron chi connectivity index (χ1n) is 11.5. The van der Waals surface area contributed by atoms with Crippen molar-refractivity contribution in [2.45, 2.75) is 32.3 Å². The van der Waals surface area contributed by atoms with E-state index in [4.69, 9.17) is 15.6 Å². The van der Waals surface area contributed by atoms with Crippen molar-refractivity contribution in [3.8, 4) is 0 Å². The highest BCUT2D eigenvalue weighted by Gasteiger charge is 2.20. The second-order valence-electron chi connectivity index (χ2n) is 8.58. The lowest BCUT2D eigenvalue weighted by Crippen LogP contribution is -2.46. The van der Waals surface area contributed by atoms with Crippen LogP contribution in [0.1, 0.15) is 29.9 Å². The first-order chi connectivity index (χ1) is 15.7. The number of piperazine rings is 1. The van der Waals surface area contributed by atoms with Gasteiger partial charge in [0.2, 0.25) is 0 Å². The summed E-state index contributed by atoms with van der Waals surface area (Å²) >= 11 is 0. The average Bonchev–Trinajstić information content (AvgIpc) is 2.85. The summed E-state index contributed by atoms with van der Waals surface area (Å²) in [5.74, 6) is 7.75. The highest BCUT2D eigenvalue weighted by Crippen LogP contribution is 2.19. The zero-order chi connectivity index (χ0) is 21.9. The van der Waals surface area contributed by atoms with E-state index >= 15 is 0 Å². The zero-order valence-electron chi connectivity index (χ0n) is 18.4. The Hall–Kier alpha value is -2.97. The second-order valence-corrected chi connectivity index (χ2v) is 8.58. The van der Waals surface area contributed by atoms with Crippen molar-refractivity contribution < 1.29 is 4.74 Å². The molecule has 2 aliphatic heterocycles. The quantitative estimate of drug-likeness (QED) is 0.467. The summed E-state index contributed by atoms with van der Waals surface area (Å²) < 4.78 is 6.58. The van der Waals surface area contributed by atoms with Crippen LogP contribution in [0.5, 0.6) is 0 Å². The highest BCUT2D eigenvalue weighted by molar-refractivity contribution is 5.80. The van der Waals surface area contributed by atoms with E-state index in [0.717, 1.165) is 69.0 Å². The van der Waals surface area contributed by atoms with Gasteiger partial charge in [-0.2, -0.15) is 0 Å². The van der Waals surface area contributed by atoms with Crippen LogP contribution in [0.15, 0.2) is 41.2 Å². The number of rotatable bonds is 6. The van der Waals surface area contributed by atoms with Gasteiger partial charge in [0, 0.05) is 44.4 Å². The smallest absolute Gasteiger partial charge is 0.277 e. The maximum Gasteiger partial charge on any atom is 0.277 e. The van der Waals surface area contributed by atoms with Crippen molar-refractivity contribution >= 4 is 16.7 Å². The van der Waals surface area contributed by atoms with E-state index in [1.54, 1.807) is 0 Å². The minimum Gasteiger partial charge on any atom is -0.376 e. The van der Waals surface area contributed by atoms with Gasteiger partial charge in [0.05, 0.1) is 30.0 Å². The van der Waals surface area contributed by atoms with E-state index in [1.165, 1.54) is 10.1 Å². The molecule has 0 bridgehead atoms. The number of para-hydroxylation sites is 1. The van der Waals surface area contributed by atoms with Crippen LogP contribution in [0.3, 0.4) is 0 Å². The molecule has 0 unspecified atom stereocenters. The SMILES string of the molecule is Nn1c(CCCCN2CCN(c3ccc4ccccc4n3)CC2)nc2c(c1=O)COCC2. The number of benzene rings is 1. The number of nitrogen functional groups attached to an aromatic ring is 1. The summed E-state index contributed by atoms with van der Waals surface area (Å²) in [4.78, 5) is 26.8. The van der Waals surface area contributed by atoms with Crippen LogP contribution in [0.2, 0.25) is 0 Å². The Balaban J connectivity index is 1.10. The van der Waals surface area contributed by atoms with Gasteiger partial charge in [-0.1, -0.05) is 18.2 Å². The molecule has 1 aromatic carbocycles. The molecular formula is C24H30N6O2. The molecule has 4 heterocycles. The molecule has 0 atom stereocenters. The lowest BCUT2D eigenvalue weighted by molar-refractivity contribution is 0.107. The lowest BCUT2D eigenvalue weighted by atomic mass is 10.1. The molecule has 8 heteroatoms. The largest absolute Gasteiger partial charge is 0.376 e. The fourth-order valence-electron chi connectivity index (χ4n) is 4.58. The molecule has 1 fully saturated rings. The van der Waals surface area contributed by atoms with E-state index in [2.05, 4.69) is 39.0 Å². The number of aromatic nitrogens is 3. The Morgan fingerprint density at radius 1 is 1.00 bits per heavy atom. The number of hydrogen-bond donors (Lipinski definition) is 1. The first-order valence-corrected chi connectivity index (χ1v) is 11.5. The fraction of sp³-hybridized carbons (Fsp3) is 0.458. The van der Waals surface area contributed by atoms with Gasteiger partial charge < -0.3 is 15.5 Å². The van der Waals surface area contributed by atoms with Crippen molar-refractivity contribution in [3.63, 3.8) is 0 Å². The van der Waals surface area contributed by atoms with Crippen LogP contribution in [-0.2, 0) is 24.2 Å². The molecule has 2 aromatic heterocycles. The number of anilines is 1. The fourth-order valence-corrected chi connectivity index (χ4v) is 4.58. The van der Waals surface area contributed by atoms with Crippen LogP contribution < -0.4 is 16.3 Å². The molecule has 1 saturated heterocycles. The van der Waals surface area contributed by atoms with Gasteiger partial charge in [0.15, 0.2) is 0 Å². The highest BCUT2D eigenvalue weighted by atomic mass is 16.5. The maximum absolute atomic E-state index is 12.4. The molecule has 168 valence electrons. The molecule has 0 spiro atoms. The summed E-state index contributed by atoms with van der Waals surface area (Å²) in [5, 5.41) is 1.18. The first kappa shape index (κ1) is 20.9. The van der Waals surface area contributed by atoms with Gasteiger partial charge in [0.1, 0.15) is 11.6 Å². The molecular weight excluding hydrogens is 404 g/mol. The topological polar surface area (TPSA) is 89.5 Å². The monoisotopic (exact) mass is 434 g/mol. The van der Waals surface area contributed by atoms with Gasteiger partial charge in [-0.05, 0) is 37.6 Å². The predicted octanol–water partition coefficient (Wildman–Crippen LogP) is 1.72. The van der Waals surface area contributed by atoms with Crippen LogP contribution in [-0.4, -0.2) is 58.9 Å². The maximum atomic E-state index is 12.4. The third-order valence-corrected chi connectivity index (χ3v) is 6.50. The normalized spacial score (nSPS) is 16.9. The summed E-state index contributed by atoms with van der Waals surface area (Å²) in [6, 6.07) is 12.5. The number of hydrogen-bond acceptors (Lipinski definition) is 7. The van der Waals surface area contributed by atoms with Gasteiger partial charge in [-0.3, -0.25) is 9.69 Å². The summed E-state index contributed by atoms with van der Waals surface area (Å²) in [6.07, 6.45) is 3.44. The zero-order valence-corrected chi connectivity index (χ0v) is 18.4. The molecule has 5 rings (SSSR count). The number of ether oxygens (including phenoxy) is 1. The van der Waals surface area contributed by atoms with Crippen molar-refractivity contribution in [1.82, 2.24) is 19.5 Å². The standard InChI is InChI=1S/C24H30N6O2/c25-30-23(27-21-10-16-32-17-19(21)24(30)31)7-3-4-11-28-12-14-29(15-13-28)22-9-8-18-5-1-2-6-20(18)26-22/h1-2,5-6,8-9H,3-4,7,10-17,25H2. The predicted molar refractivity (Wildman–Crippen MR) is 125 cm³/mol. The molecule has 3 aromatic rings. The van der Waals surface area contributed by atoms with Gasteiger partial charge >= 0.3 is 0 Å². The van der Waals surface area contributed by atoms with E-state index in [-0.39, 0.29) is 5.56 Å². The number of nitrogens with zero attached hydrogens (tertiary/aromatic N) is 5. The number of pyridine rings is 1. The number of fused-ring (bicyclic) bond motifs is 2. The molecule has 8 nitrogen and oxygen atoms in total. The van der Waals surface area contributed by atoms with Crippen LogP contribution in [0.4, 0.5) is 5.82 Å². The molecule has 0 radical (unpaired) electrons. The molecule has 0 amide bonds. The van der Waals surface area contributed by atoms with E-state index in [1.807, 2.05) is 12.1 Å². The Morgan fingerprint density at radius 2 is 1.84 bits per heavy atom. The van der Waals surface area contributed by atoms with E-state index in [0.29, 0.717) is 31.0 Å². The summed E-state index contributed by atoms with van der Waals surface area (Å²) in [7, 11) is 0. The Labute approximate surface area is 187 Å². The van der Waals surface area contributed by atoms with Gasteiger partial charge in [0.25, 0.3) is 5.56 Å². The summed E-state index contributed by atoms with van der Waals surface area (Å²) in [5.41, 5.74) is 2.36. The minimum atomic E-state index is -0.164. The number of aryl methyl sites for hydroxylation is 1. The second kappa shape index (κ2) is 9.26. The molecule has 2 N–H and O–H groups in total. The molecule has 0 saturated carbocycles. The van der Waals surface area contributed by atoms with Gasteiger partial charge in [-0.15, -0.1) is 0 Å². The van der Waals surface area contributed by atoms with Crippen LogP contribution in [0.25, 0.3) is 10.9 Å². The number of unbranched alkanes of at least 4 members (excludes halogenated alkanes) is 1. The van der Waals surface area contributed by atoms with Crippen molar-refractivity contribution in [1.29, 1.82) is 0 Å². The van der Waals surface area contributed by atoms with Crippen molar-refractivity contribution in [3.05, 3.63) is 63.8 Å². The van der Waals surface area contributed by atoms with E-state index in [9.17, 15) is 4.79 Å². The average molecular weight is 435 g/mol. The Kier molecular flexibility index (Phi) is 6.05. The summed E-state index contributed by atoms with van der Waals surface area (Å²) in [6.45, 7) is 6.03. The number of nitrogens with two attached hydrogens (primary N) is 1. The molecule has 32 heavy (non-hydrogen) atoms. The molecule has 0 aliphatic carbocycles. The Bertz CT molecular complexity index is 1150. The lowest BCUT2D eigenvalue weighted by Gasteiger charge is -2.35. The van der Waals surface area contributed by atoms with Gasteiger partial charge in [-0.25, -0.2) is 14.6 Å². The van der Waals surface area contributed by atoms with E-state index < -0.39 is 0 Å². The van der Waals surface area contributed by atoms with Crippen LogP contribution in [0, 0.1) is 0 Å².